The van der Waals surface area contributed by atoms with Gasteiger partial charge in [-0.25, -0.2) is 4.98 Å². The topological polar surface area (TPSA) is 31.4 Å². The second kappa shape index (κ2) is 4.75. The van der Waals surface area contributed by atoms with Gasteiger partial charge in [0.2, 0.25) is 0 Å². The molecule has 0 aliphatic carbocycles. The van der Waals surface area contributed by atoms with E-state index < -0.39 is 0 Å². The zero-order valence-corrected chi connectivity index (χ0v) is 8.64. The Hall–Kier alpha value is -1.61. The van der Waals surface area contributed by atoms with Crippen molar-refractivity contribution in [2.75, 3.05) is 6.61 Å². The molecular weight excluding hydrogens is 190 g/mol. The minimum absolute atomic E-state index is 0.529. The number of nitrogens with zero attached hydrogens (tertiary/aromatic N) is 1. The number of pyridine rings is 1. The normalized spacial score (nSPS) is 10.5. The molecule has 2 rings (SSSR count). The summed E-state index contributed by atoms with van der Waals surface area (Å²) in [6, 6.07) is 9.87. The molecule has 15 heavy (non-hydrogen) atoms. The van der Waals surface area contributed by atoms with Crippen LogP contribution in [0, 0.1) is 0 Å². The van der Waals surface area contributed by atoms with Crippen LogP contribution < -0.4 is 4.89 Å². The van der Waals surface area contributed by atoms with Crippen LogP contribution in [0.25, 0.3) is 10.8 Å². The predicted molar refractivity (Wildman–Crippen MR) is 58.6 cm³/mol. The van der Waals surface area contributed by atoms with Gasteiger partial charge in [0, 0.05) is 11.6 Å². The van der Waals surface area contributed by atoms with Crippen LogP contribution in [0.5, 0.6) is 5.88 Å². The molecule has 0 spiro atoms. The van der Waals surface area contributed by atoms with Gasteiger partial charge in [0.25, 0.3) is 5.88 Å². The lowest BCUT2D eigenvalue weighted by molar-refractivity contribution is -0.208. The number of rotatable bonds is 4. The summed E-state index contributed by atoms with van der Waals surface area (Å²) < 4.78 is 0. The first kappa shape index (κ1) is 9.93. The van der Waals surface area contributed by atoms with Crippen molar-refractivity contribution in [3.63, 3.8) is 0 Å². The average molecular weight is 203 g/mol. The van der Waals surface area contributed by atoms with Crippen LogP contribution in [0.1, 0.15) is 13.3 Å². The number of aromatic nitrogens is 1. The largest absolute Gasteiger partial charge is 0.316 e. The summed E-state index contributed by atoms with van der Waals surface area (Å²) in [5.74, 6) is 0.529. The van der Waals surface area contributed by atoms with Gasteiger partial charge in [-0.15, -0.1) is 0 Å². The fourth-order valence-corrected chi connectivity index (χ4v) is 1.34. The zero-order valence-electron chi connectivity index (χ0n) is 8.64. The molecule has 78 valence electrons. The maximum atomic E-state index is 5.15. The van der Waals surface area contributed by atoms with Crippen LogP contribution in [0.15, 0.2) is 36.5 Å². The molecule has 0 amide bonds. The van der Waals surface area contributed by atoms with Gasteiger partial charge in [0.05, 0.1) is 6.61 Å². The van der Waals surface area contributed by atoms with Gasteiger partial charge in [0.15, 0.2) is 0 Å². The molecule has 1 aromatic carbocycles. The van der Waals surface area contributed by atoms with Crippen LogP contribution in [-0.2, 0) is 4.89 Å². The van der Waals surface area contributed by atoms with Crippen LogP contribution in [-0.4, -0.2) is 11.6 Å². The number of benzene rings is 1. The third kappa shape index (κ3) is 2.25. The Bertz CT molecular complexity index is 437. The second-order valence-corrected chi connectivity index (χ2v) is 3.24. The molecule has 0 saturated carbocycles. The Morgan fingerprint density at radius 2 is 2.07 bits per heavy atom. The van der Waals surface area contributed by atoms with Crippen molar-refractivity contribution in [1.82, 2.24) is 4.98 Å². The molecule has 0 saturated heterocycles. The van der Waals surface area contributed by atoms with E-state index in [4.69, 9.17) is 9.78 Å². The highest BCUT2D eigenvalue weighted by Crippen LogP contribution is 2.22. The Balaban J connectivity index is 2.26. The van der Waals surface area contributed by atoms with Crippen molar-refractivity contribution in [1.29, 1.82) is 0 Å². The quantitative estimate of drug-likeness (QED) is 0.435. The molecule has 0 fully saturated rings. The lowest BCUT2D eigenvalue weighted by Gasteiger charge is -2.05. The first-order chi connectivity index (χ1) is 7.42. The molecule has 0 aliphatic rings. The fourth-order valence-electron chi connectivity index (χ4n) is 1.34. The fraction of sp³-hybridized carbons (Fsp3) is 0.250. The van der Waals surface area contributed by atoms with Crippen molar-refractivity contribution >= 4 is 10.8 Å². The molecule has 0 radical (unpaired) electrons. The van der Waals surface area contributed by atoms with Gasteiger partial charge in [-0.05, 0) is 23.9 Å². The van der Waals surface area contributed by atoms with Crippen LogP contribution in [0.4, 0.5) is 0 Å². The number of fused-ring (bicyclic) bond motifs is 1. The van der Waals surface area contributed by atoms with Gasteiger partial charge in [-0.3, -0.25) is 0 Å². The molecule has 0 bridgehead atoms. The highest BCUT2D eigenvalue weighted by atomic mass is 17.2. The summed E-state index contributed by atoms with van der Waals surface area (Å²) >= 11 is 0. The van der Waals surface area contributed by atoms with Crippen LogP contribution in [0.3, 0.4) is 0 Å². The predicted octanol–water partition coefficient (Wildman–Crippen LogP) is 2.96. The van der Waals surface area contributed by atoms with E-state index in [9.17, 15) is 0 Å². The van der Waals surface area contributed by atoms with E-state index in [1.807, 2.05) is 37.3 Å². The molecule has 3 nitrogen and oxygen atoms in total. The minimum Gasteiger partial charge on any atom is -0.316 e. The minimum atomic E-state index is 0.529. The lowest BCUT2D eigenvalue weighted by Crippen LogP contribution is -2.00. The Kier molecular flexibility index (Phi) is 3.15. The summed E-state index contributed by atoms with van der Waals surface area (Å²) in [5, 5.41) is 2.07. The molecule has 3 heteroatoms. The lowest BCUT2D eigenvalue weighted by atomic mass is 10.2. The molecule has 0 aliphatic heterocycles. The van der Waals surface area contributed by atoms with Gasteiger partial charge >= 0.3 is 0 Å². The first-order valence-corrected chi connectivity index (χ1v) is 5.05. The summed E-state index contributed by atoms with van der Waals surface area (Å²) in [4.78, 5) is 14.3. The molecule has 2 aromatic rings. The van der Waals surface area contributed by atoms with Crippen LogP contribution in [0.2, 0.25) is 0 Å². The SMILES string of the molecule is CCCOOc1nccc2ccccc12. The summed E-state index contributed by atoms with van der Waals surface area (Å²) in [6.07, 6.45) is 2.64. The third-order valence-electron chi connectivity index (χ3n) is 2.06. The molecule has 0 unspecified atom stereocenters. The maximum Gasteiger partial charge on any atom is 0.264 e. The maximum absolute atomic E-state index is 5.15. The van der Waals surface area contributed by atoms with Crippen molar-refractivity contribution in [3.05, 3.63) is 36.5 Å². The van der Waals surface area contributed by atoms with E-state index in [1.165, 1.54) is 0 Å². The van der Waals surface area contributed by atoms with E-state index in [0.717, 1.165) is 17.2 Å². The van der Waals surface area contributed by atoms with Crippen LogP contribution >= 0.6 is 0 Å². The van der Waals surface area contributed by atoms with E-state index >= 15 is 0 Å². The van der Waals surface area contributed by atoms with E-state index in [2.05, 4.69) is 4.98 Å². The Labute approximate surface area is 88.6 Å². The van der Waals surface area contributed by atoms with Gasteiger partial charge in [-0.1, -0.05) is 25.1 Å². The molecule has 0 N–H and O–H groups in total. The average Bonchev–Trinajstić information content (AvgIpc) is 2.30. The second-order valence-electron chi connectivity index (χ2n) is 3.24. The highest BCUT2D eigenvalue weighted by molar-refractivity contribution is 5.86. The monoisotopic (exact) mass is 203 g/mol. The van der Waals surface area contributed by atoms with Gasteiger partial charge in [-0.2, -0.15) is 4.89 Å². The van der Waals surface area contributed by atoms with E-state index in [-0.39, 0.29) is 0 Å². The summed E-state index contributed by atoms with van der Waals surface area (Å²) in [5.41, 5.74) is 0. The summed E-state index contributed by atoms with van der Waals surface area (Å²) in [7, 11) is 0. The molecule has 1 heterocycles. The van der Waals surface area contributed by atoms with Gasteiger partial charge < -0.3 is 4.89 Å². The molecular formula is C12H13NO2. The molecule has 1 aromatic heterocycles. The summed E-state index contributed by atoms with van der Waals surface area (Å²) in [6.45, 7) is 2.60. The van der Waals surface area contributed by atoms with E-state index in [1.54, 1.807) is 6.20 Å². The standard InChI is InChI=1S/C12H13NO2/c1-2-9-14-15-12-11-6-4-3-5-10(11)7-8-13-12/h3-8H,2,9H2,1H3. The van der Waals surface area contributed by atoms with Crippen molar-refractivity contribution in [2.24, 2.45) is 0 Å². The van der Waals surface area contributed by atoms with Gasteiger partial charge in [0.1, 0.15) is 0 Å². The zero-order chi connectivity index (χ0) is 10.5. The Morgan fingerprint density at radius 1 is 1.20 bits per heavy atom. The Morgan fingerprint density at radius 3 is 2.93 bits per heavy atom. The van der Waals surface area contributed by atoms with Crippen molar-refractivity contribution in [3.8, 4) is 5.88 Å². The van der Waals surface area contributed by atoms with E-state index in [0.29, 0.717) is 12.5 Å². The van der Waals surface area contributed by atoms with Crippen molar-refractivity contribution < 1.29 is 9.78 Å². The van der Waals surface area contributed by atoms with Crippen molar-refractivity contribution in [2.45, 2.75) is 13.3 Å². The first-order valence-electron chi connectivity index (χ1n) is 5.05. The number of hydrogen-bond donors (Lipinski definition) is 0. The smallest absolute Gasteiger partial charge is 0.264 e. The molecule has 0 atom stereocenters. The highest BCUT2D eigenvalue weighted by Gasteiger charge is 2.02. The number of hydrogen-bond acceptors (Lipinski definition) is 3. The third-order valence-corrected chi connectivity index (χ3v) is 2.06.